The Balaban J connectivity index is 2.03. The van der Waals surface area contributed by atoms with Gasteiger partial charge in [0.2, 0.25) is 5.88 Å². The van der Waals surface area contributed by atoms with E-state index in [4.69, 9.17) is 9.84 Å². The van der Waals surface area contributed by atoms with E-state index in [9.17, 15) is 4.79 Å². The van der Waals surface area contributed by atoms with Gasteiger partial charge in [0.25, 0.3) is 0 Å². The van der Waals surface area contributed by atoms with Crippen molar-refractivity contribution in [2.45, 2.75) is 26.2 Å². The molecule has 1 aliphatic rings. The largest absolute Gasteiger partial charge is 0.477 e. The molecule has 0 saturated heterocycles. The van der Waals surface area contributed by atoms with Gasteiger partial charge in [0.1, 0.15) is 5.56 Å². The van der Waals surface area contributed by atoms with Crippen molar-refractivity contribution in [3.8, 4) is 5.88 Å². The Morgan fingerprint density at radius 1 is 1.56 bits per heavy atom. The number of ether oxygens (including phenoxy) is 1. The average Bonchev–Trinajstić information content (AvgIpc) is 3.01. The summed E-state index contributed by atoms with van der Waals surface area (Å²) in [6.45, 7) is 2.38. The number of carboxylic acids is 1. The summed E-state index contributed by atoms with van der Waals surface area (Å²) < 4.78 is 5.44. The molecular weight excluding hydrogens is 206 g/mol. The van der Waals surface area contributed by atoms with E-state index < -0.39 is 5.97 Å². The van der Waals surface area contributed by atoms with Crippen LogP contribution in [0.4, 0.5) is 0 Å². The maximum absolute atomic E-state index is 10.9. The zero-order valence-corrected chi connectivity index (χ0v) is 9.27. The van der Waals surface area contributed by atoms with Crippen LogP contribution in [0, 0.1) is 12.8 Å². The number of hydrogen-bond acceptors (Lipinski definition) is 3. The van der Waals surface area contributed by atoms with Crippen LogP contribution in [0.1, 0.15) is 35.3 Å². The van der Waals surface area contributed by atoms with Crippen molar-refractivity contribution in [3.63, 3.8) is 0 Å². The quantitative estimate of drug-likeness (QED) is 0.828. The van der Waals surface area contributed by atoms with Gasteiger partial charge in [-0.2, -0.15) is 0 Å². The van der Waals surface area contributed by atoms with Crippen LogP contribution in [-0.4, -0.2) is 22.7 Å². The second kappa shape index (κ2) is 4.51. The first-order valence-corrected chi connectivity index (χ1v) is 5.50. The molecule has 1 heterocycles. The highest BCUT2D eigenvalue weighted by molar-refractivity contribution is 5.90. The molecule has 1 fully saturated rings. The predicted molar refractivity (Wildman–Crippen MR) is 58.8 cm³/mol. The number of hydrogen-bond donors (Lipinski definition) is 1. The Morgan fingerprint density at radius 2 is 2.31 bits per heavy atom. The number of aromatic nitrogens is 1. The van der Waals surface area contributed by atoms with Gasteiger partial charge in [-0.05, 0) is 31.4 Å². The molecule has 1 saturated carbocycles. The molecule has 1 aliphatic carbocycles. The maximum atomic E-state index is 10.9. The number of rotatable bonds is 5. The minimum absolute atomic E-state index is 0.140. The van der Waals surface area contributed by atoms with Crippen LogP contribution in [0.5, 0.6) is 5.88 Å². The molecule has 2 rings (SSSR count). The normalized spacial score (nSPS) is 14.8. The summed E-state index contributed by atoms with van der Waals surface area (Å²) in [5.41, 5.74) is 0.910. The van der Waals surface area contributed by atoms with Crippen LogP contribution < -0.4 is 4.74 Å². The first-order chi connectivity index (χ1) is 7.66. The van der Waals surface area contributed by atoms with Crippen molar-refractivity contribution in [1.82, 2.24) is 4.98 Å². The van der Waals surface area contributed by atoms with Crippen LogP contribution >= 0.6 is 0 Å². The lowest BCUT2D eigenvalue weighted by Crippen LogP contribution is -2.07. The van der Waals surface area contributed by atoms with Crippen molar-refractivity contribution in [3.05, 3.63) is 23.4 Å². The summed E-state index contributed by atoms with van der Waals surface area (Å²) >= 11 is 0. The van der Waals surface area contributed by atoms with E-state index in [1.807, 2.05) is 6.92 Å². The summed E-state index contributed by atoms with van der Waals surface area (Å²) in [7, 11) is 0. The van der Waals surface area contributed by atoms with Gasteiger partial charge in [-0.25, -0.2) is 9.78 Å². The second-order valence-corrected chi connectivity index (χ2v) is 4.19. The number of carbonyl (C=O) groups is 1. The first kappa shape index (κ1) is 10.9. The fourth-order valence-corrected chi connectivity index (χ4v) is 1.53. The number of pyridine rings is 1. The van der Waals surface area contributed by atoms with Gasteiger partial charge < -0.3 is 9.84 Å². The molecule has 0 aliphatic heterocycles. The number of nitrogens with zero attached hydrogens (tertiary/aromatic N) is 1. The van der Waals surface area contributed by atoms with Crippen LogP contribution in [0.3, 0.4) is 0 Å². The molecular formula is C12H15NO3. The highest BCUT2D eigenvalue weighted by Gasteiger charge is 2.21. The highest BCUT2D eigenvalue weighted by Crippen LogP contribution is 2.32. The van der Waals surface area contributed by atoms with Crippen LogP contribution in [0.25, 0.3) is 0 Å². The topological polar surface area (TPSA) is 59.4 Å². The number of carboxylic acid groups (broad SMARTS) is 1. The van der Waals surface area contributed by atoms with Crippen LogP contribution in [0.15, 0.2) is 12.1 Å². The lowest BCUT2D eigenvalue weighted by Gasteiger charge is -2.08. The summed E-state index contributed by atoms with van der Waals surface area (Å²) in [6, 6.07) is 3.22. The molecule has 86 valence electrons. The Morgan fingerprint density at radius 3 is 2.94 bits per heavy atom. The second-order valence-electron chi connectivity index (χ2n) is 4.19. The van der Waals surface area contributed by atoms with Crippen molar-refractivity contribution in [2.24, 2.45) is 5.92 Å². The average molecular weight is 221 g/mol. The van der Waals surface area contributed by atoms with Crippen molar-refractivity contribution < 1.29 is 14.6 Å². The van der Waals surface area contributed by atoms with Crippen molar-refractivity contribution in [2.75, 3.05) is 6.61 Å². The third kappa shape index (κ3) is 2.72. The third-order valence-electron chi connectivity index (χ3n) is 2.69. The fraction of sp³-hybridized carbons (Fsp3) is 0.500. The molecule has 0 atom stereocenters. The van der Waals surface area contributed by atoms with Crippen LogP contribution in [0.2, 0.25) is 0 Å². The van der Waals surface area contributed by atoms with Gasteiger partial charge in [-0.15, -0.1) is 0 Å². The Bertz CT molecular complexity index is 399. The summed E-state index contributed by atoms with van der Waals surface area (Å²) in [5.74, 6) is 0.0279. The highest BCUT2D eigenvalue weighted by atomic mass is 16.5. The zero-order chi connectivity index (χ0) is 11.5. The first-order valence-electron chi connectivity index (χ1n) is 5.50. The Hall–Kier alpha value is -1.58. The molecule has 0 aromatic carbocycles. The predicted octanol–water partition coefficient (Wildman–Crippen LogP) is 2.27. The van der Waals surface area contributed by atoms with Gasteiger partial charge in [-0.1, -0.05) is 12.8 Å². The molecule has 0 unspecified atom stereocenters. The molecule has 4 nitrogen and oxygen atoms in total. The number of aryl methyl sites for hydroxylation is 1. The van der Waals surface area contributed by atoms with E-state index in [1.165, 1.54) is 18.9 Å². The van der Waals surface area contributed by atoms with Gasteiger partial charge in [0.05, 0.1) is 6.61 Å². The number of aromatic carboxylic acids is 1. The maximum Gasteiger partial charge on any atom is 0.341 e. The van der Waals surface area contributed by atoms with E-state index in [0.29, 0.717) is 6.61 Å². The zero-order valence-electron chi connectivity index (χ0n) is 9.27. The third-order valence-corrected chi connectivity index (χ3v) is 2.69. The standard InChI is InChI=1S/C12H15NO3/c1-8-2-5-10(12(14)15)11(13-8)16-7-6-9-3-4-9/h2,5,9H,3-4,6-7H2,1H3,(H,14,15). The SMILES string of the molecule is Cc1ccc(C(=O)O)c(OCCC2CC2)n1. The van der Waals surface area contributed by atoms with Gasteiger partial charge >= 0.3 is 5.97 Å². The molecule has 4 heteroatoms. The molecule has 0 radical (unpaired) electrons. The monoisotopic (exact) mass is 221 g/mol. The summed E-state index contributed by atoms with van der Waals surface area (Å²) in [6.07, 6.45) is 3.54. The van der Waals surface area contributed by atoms with E-state index in [1.54, 1.807) is 6.07 Å². The molecule has 0 bridgehead atoms. The smallest absolute Gasteiger partial charge is 0.341 e. The van der Waals surface area contributed by atoms with E-state index >= 15 is 0 Å². The molecule has 1 aromatic rings. The fourth-order valence-electron chi connectivity index (χ4n) is 1.53. The van der Waals surface area contributed by atoms with Crippen molar-refractivity contribution >= 4 is 5.97 Å². The van der Waals surface area contributed by atoms with Gasteiger partial charge in [-0.3, -0.25) is 0 Å². The summed E-state index contributed by atoms with van der Waals surface area (Å²) in [5, 5.41) is 8.96. The minimum Gasteiger partial charge on any atom is -0.477 e. The summed E-state index contributed by atoms with van der Waals surface area (Å²) in [4.78, 5) is 15.0. The molecule has 1 aromatic heterocycles. The Labute approximate surface area is 94.3 Å². The molecule has 1 N–H and O–H groups in total. The van der Waals surface area contributed by atoms with Crippen molar-refractivity contribution in [1.29, 1.82) is 0 Å². The van der Waals surface area contributed by atoms with E-state index in [2.05, 4.69) is 4.98 Å². The molecule has 16 heavy (non-hydrogen) atoms. The lowest BCUT2D eigenvalue weighted by molar-refractivity contribution is 0.0691. The molecule has 0 spiro atoms. The van der Waals surface area contributed by atoms with E-state index in [0.717, 1.165) is 18.0 Å². The Kier molecular flexibility index (Phi) is 3.08. The molecule has 0 amide bonds. The lowest BCUT2D eigenvalue weighted by atomic mass is 10.2. The van der Waals surface area contributed by atoms with E-state index in [-0.39, 0.29) is 11.4 Å². The van der Waals surface area contributed by atoms with Crippen LogP contribution in [-0.2, 0) is 0 Å². The van der Waals surface area contributed by atoms with Gasteiger partial charge in [0, 0.05) is 5.69 Å². The van der Waals surface area contributed by atoms with Gasteiger partial charge in [0.15, 0.2) is 0 Å². The minimum atomic E-state index is -0.992.